The molecular formula is C12H25N3. The van der Waals surface area contributed by atoms with Crippen molar-refractivity contribution in [2.24, 2.45) is 0 Å². The third kappa shape index (κ3) is 3.44. The quantitative estimate of drug-likeness (QED) is 0.723. The average molecular weight is 211 g/mol. The van der Waals surface area contributed by atoms with Gasteiger partial charge in [-0.3, -0.25) is 4.90 Å². The second-order valence-electron chi connectivity index (χ2n) is 5.08. The molecular weight excluding hydrogens is 186 g/mol. The summed E-state index contributed by atoms with van der Waals surface area (Å²) in [6, 6.07) is 1.50. The summed E-state index contributed by atoms with van der Waals surface area (Å²) in [5, 5.41) is 7.21. The van der Waals surface area contributed by atoms with Crippen LogP contribution in [0.25, 0.3) is 0 Å². The maximum atomic E-state index is 3.74. The van der Waals surface area contributed by atoms with Crippen LogP contribution in [0.1, 0.15) is 32.1 Å². The van der Waals surface area contributed by atoms with Crippen molar-refractivity contribution in [3.05, 3.63) is 0 Å². The molecule has 15 heavy (non-hydrogen) atoms. The number of piperazine rings is 1. The lowest BCUT2D eigenvalue weighted by Gasteiger charge is -2.35. The molecule has 1 atom stereocenters. The summed E-state index contributed by atoms with van der Waals surface area (Å²) in [6.07, 6.45) is 7.09. The van der Waals surface area contributed by atoms with Crippen molar-refractivity contribution >= 4 is 0 Å². The number of hydrogen-bond donors (Lipinski definition) is 2. The first-order chi connectivity index (χ1) is 7.36. The van der Waals surface area contributed by atoms with E-state index >= 15 is 0 Å². The van der Waals surface area contributed by atoms with Crippen LogP contribution < -0.4 is 10.6 Å². The van der Waals surface area contributed by atoms with Crippen molar-refractivity contribution in [2.75, 3.05) is 33.2 Å². The number of hydrogen-bond acceptors (Lipinski definition) is 3. The zero-order chi connectivity index (χ0) is 10.5. The van der Waals surface area contributed by atoms with Gasteiger partial charge in [0.15, 0.2) is 0 Å². The van der Waals surface area contributed by atoms with Gasteiger partial charge in [-0.15, -0.1) is 0 Å². The molecule has 88 valence electrons. The van der Waals surface area contributed by atoms with Gasteiger partial charge in [0.2, 0.25) is 0 Å². The zero-order valence-corrected chi connectivity index (χ0v) is 9.97. The monoisotopic (exact) mass is 211 g/mol. The summed E-state index contributed by atoms with van der Waals surface area (Å²) in [7, 11) is 2.24. The number of nitrogens with one attached hydrogen (secondary N) is 2. The summed E-state index contributed by atoms with van der Waals surface area (Å²) in [4.78, 5) is 2.48. The lowest BCUT2D eigenvalue weighted by Crippen LogP contribution is -2.54. The van der Waals surface area contributed by atoms with Crippen LogP contribution in [0.5, 0.6) is 0 Å². The van der Waals surface area contributed by atoms with Gasteiger partial charge >= 0.3 is 0 Å². The van der Waals surface area contributed by atoms with Crippen LogP contribution in [0.4, 0.5) is 0 Å². The largest absolute Gasteiger partial charge is 0.314 e. The minimum absolute atomic E-state index is 0.695. The third-order valence-electron chi connectivity index (χ3n) is 3.89. The number of likely N-dealkylation sites (N-methyl/N-ethyl adjacent to an activating group) is 1. The first kappa shape index (κ1) is 11.4. The van der Waals surface area contributed by atoms with Crippen LogP contribution in [-0.2, 0) is 0 Å². The predicted octanol–water partition coefficient (Wildman–Crippen LogP) is 0.812. The Kier molecular flexibility index (Phi) is 4.42. The van der Waals surface area contributed by atoms with E-state index in [0.717, 1.165) is 25.7 Å². The molecule has 1 aliphatic carbocycles. The normalized spacial score (nSPS) is 30.6. The fraction of sp³-hybridized carbons (Fsp3) is 1.00. The first-order valence-electron chi connectivity index (χ1n) is 6.50. The number of nitrogens with zero attached hydrogens (tertiary/aromatic N) is 1. The minimum Gasteiger partial charge on any atom is -0.314 e. The SMILES string of the molecule is CN1CCNCC1CNC1CCCCC1. The number of rotatable bonds is 3. The molecule has 0 bridgehead atoms. The topological polar surface area (TPSA) is 27.3 Å². The fourth-order valence-electron chi connectivity index (χ4n) is 2.70. The van der Waals surface area contributed by atoms with E-state index in [-0.39, 0.29) is 0 Å². The van der Waals surface area contributed by atoms with Gasteiger partial charge in [-0.1, -0.05) is 19.3 Å². The Hall–Kier alpha value is -0.120. The van der Waals surface area contributed by atoms with Crippen molar-refractivity contribution in [1.82, 2.24) is 15.5 Å². The van der Waals surface area contributed by atoms with Crippen LogP contribution in [-0.4, -0.2) is 50.2 Å². The van der Waals surface area contributed by atoms with Crippen molar-refractivity contribution in [2.45, 2.75) is 44.2 Å². The van der Waals surface area contributed by atoms with Crippen molar-refractivity contribution in [1.29, 1.82) is 0 Å². The Morgan fingerprint density at radius 2 is 2.07 bits per heavy atom. The van der Waals surface area contributed by atoms with Gasteiger partial charge in [-0.05, 0) is 19.9 Å². The standard InChI is InChI=1S/C12H25N3/c1-15-8-7-13-9-12(15)10-14-11-5-3-2-4-6-11/h11-14H,2-10H2,1H3. The van der Waals surface area contributed by atoms with Crippen LogP contribution in [0.2, 0.25) is 0 Å². The van der Waals surface area contributed by atoms with Gasteiger partial charge < -0.3 is 10.6 Å². The van der Waals surface area contributed by atoms with Crippen LogP contribution in [0, 0.1) is 0 Å². The summed E-state index contributed by atoms with van der Waals surface area (Å²) in [6.45, 7) is 4.65. The Morgan fingerprint density at radius 1 is 1.27 bits per heavy atom. The second-order valence-corrected chi connectivity index (χ2v) is 5.08. The summed E-state index contributed by atoms with van der Waals surface area (Å²) in [5.41, 5.74) is 0. The van der Waals surface area contributed by atoms with Crippen molar-refractivity contribution in [3.8, 4) is 0 Å². The van der Waals surface area contributed by atoms with E-state index in [4.69, 9.17) is 0 Å². The Labute approximate surface area is 93.6 Å². The highest BCUT2D eigenvalue weighted by Crippen LogP contribution is 2.17. The molecule has 1 aliphatic heterocycles. The van der Waals surface area contributed by atoms with E-state index in [1.165, 1.54) is 38.6 Å². The lowest BCUT2D eigenvalue weighted by molar-refractivity contribution is 0.187. The molecule has 3 nitrogen and oxygen atoms in total. The highest BCUT2D eigenvalue weighted by molar-refractivity contribution is 4.81. The van der Waals surface area contributed by atoms with Crippen LogP contribution in [0.15, 0.2) is 0 Å². The lowest BCUT2D eigenvalue weighted by atomic mass is 9.95. The molecule has 1 unspecified atom stereocenters. The van der Waals surface area contributed by atoms with Gasteiger partial charge in [0.25, 0.3) is 0 Å². The van der Waals surface area contributed by atoms with Crippen LogP contribution in [0.3, 0.4) is 0 Å². The summed E-state index contributed by atoms with van der Waals surface area (Å²) in [5.74, 6) is 0. The van der Waals surface area contributed by atoms with E-state index in [0.29, 0.717) is 6.04 Å². The fourth-order valence-corrected chi connectivity index (χ4v) is 2.70. The summed E-state index contributed by atoms with van der Waals surface area (Å²) < 4.78 is 0. The van der Waals surface area contributed by atoms with Gasteiger partial charge in [-0.25, -0.2) is 0 Å². The van der Waals surface area contributed by atoms with E-state index in [1.54, 1.807) is 0 Å². The molecule has 1 saturated heterocycles. The molecule has 1 heterocycles. The third-order valence-corrected chi connectivity index (χ3v) is 3.89. The predicted molar refractivity (Wildman–Crippen MR) is 64.2 cm³/mol. The molecule has 0 aromatic carbocycles. The highest BCUT2D eigenvalue weighted by atomic mass is 15.2. The van der Waals surface area contributed by atoms with Crippen molar-refractivity contribution < 1.29 is 0 Å². The molecule has 2 fully saturated rings. The molecule has 0 amide bonds. The smallest absolute Gasteiger partial charge is 0.0342 e. The molecule has 2 rings (SSSR count). The van der Waals surface area contributed by atoms with Gasteiger partial charge in [-0.2, -0.15) is 0 Å². The Balaban J connectivity index is 1.67. The highest BCUT2D eigenvalue weighted by Gasteiger charge is 2.20. The zero-order valence-electron chi connectivity index (χ0n) is 9.97. The molecule has 3 heteroatoms. The minimum atomic E-state index is 0.695. The molecule has 0 aromatic heterocycles. The summed E-state index contributed by atoms with van der Waals surface area (Å²) >= 11 is 0. The maximum Gasteiger partial charge on any atom is 0.0342 e. The molecule has 0 spiro atoms. The average Bonchev–Trinajstić information content (AvgIpc) is 2.29. The van der Waals surface area contributed by atoms with Crippen LogP contribution >= 0.6 is 0 Å². The van der Waals surface area contributed by atoms with E-state index < -0.39 is 0 Å². The van der Waals surface area contributed by atoms with E-state index in [9.17, 15) is 0 Å². The molecule has 0 radical (unpaired) electrons. The van der Waals surface area contributed by atoms with Gasteiger partial charge in [0, 0.05) is 38.3 Å². The molecule has 2 N–H and O–H groups in total. The Morgan fingerprint density at radius 3 is 2.80 bits per heavy atom. The first-order valence-corrected chi connectivity index (χ1v) is 6.50. The molecule has 2 aliphatic rings. The van der Waals surface area contributed by atoms with Gasteiger partial charge in [0.1, 0.15) is 0 Å². The maximum absolute atomic E-state index is 3.74. The van der Waals surface area contributed by atoms with Crippen molar-refractivity contribution in [3.63, 3.8) is 0 Å². The van der Waals surface area contributed by atoms with E-state index in [1.807, 2.05) is 0 Å². The Bertz CT molecular complexity index is 178. The van der Waals surface area contributed by atoms with E-state index in [2.05, 4.69) is 22.6 Å². The molecule has 0 aromatic rings. The van der Waals surface area contributed by atoms with Gasteiger partial charge in [0.05, 0.1) is 0 Å². The second kappa shape index (κ2) is 5.83. The molecule has 1 saturated carbocycles.